The second kappa shape index (κ2) is 7.99. The van der Waals surface area contributed by atoms with Gasteiger partial charge in [0.1, 0.15) is 11.3 Å². The van der Waals surface area contributed by atoms with Crippen molar-refractivity contribution in [3.05, 3.63) is 72.0 Å². The first-order valence-electron chi connectivity index (χ1n) is 8.63. The Morgan fingerprint density at radius 2 is 1.84 bits per heavy atom. The summed E-state index contributed by atoms with van der Waals surface area (Å²) in [6.45, 7) is 1.96. The molecule has 130 valence electrons. The lowest BCUT2D eigenvalue weighted by Crippen LogP contribution is -2.32. The molecule has 0 fully saturated rings. The van der Waals surface area contributed by atoms with E-state index in [1.54, 1.807) is 0 Å². The predicted octanol–water partition coefficient (Wildman–Crippen LogP) is 4.17. The third-order valence-electron chi connectivity index (χ3n) is 4.43. The predicted molar refractivity (Wildman–Crippen MR) is 98.3 cm³/mol. The fraction of sp³-hybridized carbons (Fsp3) is 0.286. The number of carbonyl (C=O) groups is 1. The van der Waals surface area contributed by atoms with Crippen molar-refractivity contribution < 1.29 is 14.3 Å². The van der Waals surface area contributed by atoms with E-state index in [0.29, 0.717) is 18.6 Å². The molecular formula is C21H23NO3. The minimum Gasteiger partial charge on any atom is -0.460 e. The molecule has 1 aromatic heterocycles. The first kappa shape index (κ1) is 17.2. The molecule has 1 amide bonds. The van der Waals surface area contributed by atoms with Crippen molar-refractivity contribution in [2.75, 3.05) is 6.61 Å². The van der Waals surface area contributed by atoms with Crippen LogP contribution in [0.25, 0.3) is 11.0 Å². The zero-order chi connectivity index (χ0) is 17.6. The summed E-state index contributed by atoms with van der Waals surface area (Å²) in [7, 11) is 0. The Bertz CT molecular complexity index is 792. The SMILES string of the molecule is CC(C(=O)NC(CCCO)c1ccccc1)c1cc2ccccc2o1. The second-order valence-electron chi connectivity index (χ2n) is 6.25. The van der Waals surface area contributed by atoms with Gasteiger partial charge in [0.2, 0.25) is 5.91 Å². The smallest absolute Gasteiger partial charge is 0.230 e. The van der Waals surface area contributed by atoms with Crippen LogP contribution in [0.5, 0.6) is 0 Å². The molecule has 2 aromatic carbocycles. The van der Waals surface area contributed by atoms with E-state index in [-0.39, 0.29) is 24.5 Å². The molecule has 2 N–H and O–H groups in total. The molecule has 2 atom stereocenters. The quantitative estimate of drug-likeness (QED) is 0.680. The van der Waals surface area contributed by atoms with Gasteiger partial charge in [-0.3, -0.25) is 4.79 Å². The Morgan fingerprint density at radius 1 is 1.12 bits per heavy atom. The minimum absolute atomic E-state index is 0.0779. The van der Waals surface area contributed by atoms with Gasteiger partial charge >= 0.3 is 0 Å². The Labute approximate surface area is 147 Å². The summed E-state index contributed by atoms with van der Waals surface area (Å²) in [6, 6.07) is 19.4. The van der Waals surface area contributed by atoms with Gasteiger partial charge in [-0.25, -0.2) is 0 Å². The van der Waals surface area contributed by atoms with Crippen LogP contribution in [0, 0.1) is 0 Å². The number of rotatable bonds is 7. The van der Waals surface area contributed by atoms with Crippen molar-refractivity contribution >= 4 is 16.9 Å². The molecule has 2 unspecified atom stereocenters. The molecule has 0 aliphatic rings. The van der Waals surface area contributed by atoms with Gasteiger partial charge in [-0.1, -0.05) is 48.5 Å². The zero-order valence-corrected chi connectivity index (χ0v) is 14.3. The topological polar surface area (TPSA) is 62.5 Å². The Kier molecular flexibility index (Phi) is 5.51. The molecular weight excluding hydrogens is 314 g/mol. The first-order valence-corrected chi connectivity index (χ1v) is 8.63. The average Bonchev–Trinajstić information content (AvgIpc) is 3.09. The number of fused-ring (bicyclic) bond motifs is 1. The van der Waals surface area contributed by atoms with Gasteiger partial charge < -0.3 is 14.8 Å². The fourth-order valence-electron chi connectivity index (χ4n) is 2.94. The van der Waals surface area contributed by atoms with E-state index in [1.807, 2.05) is 67.6 Å². The van der Waals surface area contributed by atoms with E-state index >= 15 is 0 Å². The van der Waals surface area contributed by atoms with Crippen LogP contribution < -0.4 is 5.32 Å². The lowest BCUT2D eigenvalue weighted by atomic mass is 10.0. The molecule has 0 saturated carbocycles. The highest BCUT2D eigenvalue weighted by Crippen LogP contribution is 2.26. The second-order valence-corrected chi connectivity index (χ2v) is 6.25. The van der Waals surface area contributed by atoms with E-state index in [2.05, 4.69) is 5.32 Å². The maximum Gasteiger partial charge on any atom is 0.230 e. The summed E-state index contributed by atoms with van der Waals surface area (Å²) >= 11 is 0. The van der Waals surface area contributed by atoms with Gasteiger partial charge in [-0.05, 0) is 37.5 Å². The monoisotopic (exact) mass is 337 g/mol. The van der Waals surface area contributed by atoms with Crippen LogP contribution in [0.15, 0.2) is 65.1 Å². The number of aliphatic hydroxyl groups excluding tert-OH is 1. The number of amides is 1. The number of para-hydroxylation sites is 1. The number of furan rings is 1. The molecule has 3 rings (SSSR count). The van der Waals surface area contributed by atoms with Crippen LogP contribution in [0.1, 0.15) is 43.0 Å². The van der Waals surface area contributed by atoms with Crippen molar-refractivity contribution in [1.82, 2.24) is 5.32 Å². The van der Waals surface area contributed by atoms with Crippen LogP contribution in [0.3, 0.4) is 0 Å². The molecule has 25 heavy (non-hydrogen) atoms. The van der Waals surface area contributed by atoms with Crippen LogP contribution in [-0.2, 0) is 4.79 Å². The van der Waals surface area contributed by atoms with Crippen molar-refractivity contribution in [1.29, 1.82) is 0 Å². The molecule has 0 aliphatic carbocycles. The van der Waals surface area contributed by atoms with Crippen molar-refractivity contribution in [2.24, 2.45) is 0 Å². The summed E-state index contributed by atoms with van der Waals surface area (Å²) in [5.41, 5.74) is 1.83. The molecule has 0 spiro atoms. The number of hydrogen-bond donors (Lipinski definition) is 2. The molecule has 0 radical (unpaired) electrons. The number of hydrogen-bond acceptors (Lipinski definition) is 3. The normalized spacial score (nSPS) is 13.5. The van der Waals surface area contributed by atoms with Crippen molar-refractivity contribution in [2.45, 2.75) is 31.7 Å². The molecule has 4 heteroatoms. The van der Waals surface area contributed by atoms with E-state index in [1.165, 1.54) is 0 Å². The van der Waals surface area contributed by atoms with Crippen LogP contribution in [0.2, 0.25) is 0 Å². The summed E-state index contributed by atoms with van der Waals surface area (Å²) < 4.78 is 5.82. The standard InChI is InChI=1S/C21H23NO3/c1-15(20-14-17-10-5-6-12-19(17)25-20)21(24)22-18(11-7-13-23)16-8-3-2-4-9-16/h2-6,8-10,12,14-15,18,23H,7,11,13H2,1H3,(H,22,24). The average molecular weight is 337 g/mol. The molecule has 4 nitrogen and oxygen atoms in total. The van der Waals surface area contributed by atoms with E-state index in [9.17, 15) is 4.79 Å². The van der Waals surface area contributed by atoms with Gasteiger partial charge in [0.25, 0.3) is 0 Å². The highest BCUT2D eigenvalue weighted by atomic mass is 16.3. The Morgan fingerprint density at radius 3 is 2.56 bits per heavy atom. The first-order chi connectivity index (χ1) is 12.2. The molecule has 0 saturated heterocycles. The van der Waals surface area contributed by atoms with Gasteiger partial charge in [-0.2, -0.15) is 0 Å². The lowest BCUT2D eigenvalue weighted by Gasteiger charge is -2.21. The number of nitrogens with one attached hydrogen (secondary N) is 1. The lowest BCUT2D eigenvalue weighted by molar-refractivity contribution is -0.123. The molecule has 0 aliphatic heterocycles. The van der Waals surface area contributed by atoms with Crippen LogP contribution in [0.4, 0.5) is 0 Å². The summed E-state index contributed by atoms with van der Waals surface area (Å²) in [5, 5.41) is 13.2. The van der Waals surface area contributed by atoms with Crippen molar-refractivity contribution in [3.8, 4) is 0 Å². The summed E-state index contributed by atoms with van der Waals surface area (Å²) in [5.74, 6) is 0.200. The van der Waals surface area contributed by atoms with E-state index in [0.717, 1.165) is 16.5 Å². The van der Waals surface area contributed by atoms with Crippen LogP contribution >= 0.6 is 0 Å². The van der Waals surface area contributed by atoms with Gasteiger partial charge in [-0.15, -0.1) is 0 Å². The zero-order valence-electron chi connectivity index (χ0n) is 14.3. The largest absolute Gasteiger partial charge is 0.460 e. The number of benzene rings is 2. The third-order valence-corrected chi connectivity index (χ3v) is 4.43. The summed E-state index contributed by atoms with van der Waals surface area (Å²) in [4.78, 5) is 12.7. The molecule has 0 bridgehead atoms. The summed E-state index contributed by atoms with van der Waals surface area (Å²) in [6.07, 6.45) is 1.33. The maximum atomic E-state index is 12.7. The van der Waals surface area contributed by atoms with Gasteiger partial charge in [0, 0.05) is 12.0 Å². The van der Waals surface area contributed by atoms with Gasteiger partial charge in [0.15, 0.2) is 0 Å². The Hall–Kier alpha value is -2.59. The van der Waals surface area contributed by atoms with E-state index < -0.39 is 0 Å². The van der Waals surface area contributed by atoms with Crippen LogP contribution in [-0.4, -0.2) is 17.6 Å². The minimum atomic E-state index is -0.382. The molecule has 3 aromatic rings. The number of aliphatic hydroxyl groups is 1. The fourth-order valence-corrected chi connectivity index (χ4v) is 2.94. The maximum absolute atomic E-state index is 12.7. The highest BCUT2D eigenvalue weighted by molar-refractivity contribution is 5.85. The van der Waals surface area contributed by atoms with Crippen molar-refractivity contribution in [3.63, 3.8) is 0 Å². The van der Waals surface area contributed by atoms with E-state index in [4.69, 9.17) is 9.52 Å². The molecule has 1 heterocycles. The third kappa shape index (κ3) is 4.09. The number of carbonyl (C=O) groups excluding carboxylic acids is 1. The Balaban J connectivity index is 1.75. The highest BCUT2D eigenvalue weighted by Gasteiger charge is 2.22. The van der Waals surface area contributed by atoms with Gasteiger partial charge in [0.05, 0.1) is 12.0 Å².